The Morgan fingerprint density at radius 1 is 0.973 bits per heavy atom. The highest BCUT2D eigenvalue weighted by Gasteiger charge is 2.39. The van der Waals surface area contributed by atoms with Crippen molar-refractivity contribution in [3.8, 4) is 0 Å². The van der Waals surface area contributed by atoms with Crippen LogP contribution >= 0.6 is 35.0 Å². The van der Waals surface area contributed by atoms with Crippen molar-refractivity contribution >= 4 is 51.0 Å². The van der Waals surface area contributed by atoms with E-state index in [9.17, 15) is 26.4 Å². The summed E-state index contributed by atoms with van der Waals surface area (Å²) in [5.74, 6) is 0.561. The first-order chi connectivity index (χ1) is 17.3. The Morgan fingerprint density at radius 3 is 2.19 bits per heavy atom. The van der Waals surface area contributed by atoms with Crippen LogP contribution in [-0.2, 0) is 16.2 Å². The topological polar surface area (TPSA) is 60.9 Å². The number of urea groups is 1. The fourth-order valence-corrected chi connectivity index (χ4v) is 6.88. The third-order valence-electron chi connectivity index (χ3n) is 6.71. The maximum atomic E-state index is 13.3. The molecule has 37 heavy (non-hydrogen) atoms. The molecule has 0 spiro atoms. The van der Waals surface area contributed by atoms with Crippen molar-refractivity contribution in [1.29, 1.82) is 0 Å². The monoisotopic (exact) mass is 595 g/mol. The lowest BCUT2D eigenvalue weighted by Gasteiger charge is -2.35. The molecular formula is C24H26Cl2F3N3O3S2. The first-order valence-electron chi connectivity index (χ1n) is 11.6. The van der Waals surface area contributed by atoms with Crippen LogP contribution in [0, 0.1) is 5.92 Å². The number of sulfonamides is 1. The molecule has 2 aliphatic heterocycles. The highest BCUT2D eigenvalue weighted by molar-refractivity contribution is 7.99. The number of carbonyl (C=O) groups is 1. The number of nitrogens with zero attached hydrogens (tertiary/aromatic N) is 3. The highest BCUT2D eigenvalue weighted by Crippen LogP contribution is 2.39. The number of thioether (sulfide) groups is 1. The van der Waals surface area contributed by atoms with Gasteiger partial charge in [0.25, 0.3) is 0 Å². The number of hydrogen-bond acceptors (Lipinski definition) is 4. The molecule has 2 aromatic rings. The van der Waals surface area contributed by atoms with Crippen LogP contribution in [0.5, 0.6) is 0 Å². The first-order valence-corrected chi connectivity index (χ1v) is 15.2. The van der Waals surface area contributed by atoms with Gasteiger partial charge < -0.3 is 9.80 Å². The average Bonchev–Trinajstić information content (AvgIpc) is 3.27. The zero-order valence-electron chi connectivity index (χ0n) is 19.9. The number of hydrogen-bond donors (Lipinski definition) is 0. The molecule has 2 aromatic carbocycles. The molecule has 2 saturated heterocycles. The van der Waals surface area contributed by atoms with Crippen LogP contribution in [-0.4, -0.2) is 79.8 Å². The molecule has 0 saturated carbocycles. The largest absolute Gasteiger partial charge is 0.416 e. The first kappa shape index (κ1) is 28.4. The third-order valence-corrected chi connectivity index (χ3v) is 9.95. The molecule has 13 heteroatoms. The Labute approximate surface area is 228 Å². The van der Waals surface area contributed by atoms with Gasteiger partial charge >= 0.3 is 12.2 Å². The van der Waals surface area contributed by atoms with Gasteiger partial charge in [-0.25, -0.2) is 13.2 Å². The van der Waals surface area contributed by atoms with Gasteiger partial charge in [0.05, 0.1) is 21.9 Å². The van der Waals surface area contributed by atoms with Gasteiger partial charge in [-0.15, -0.1) is 11.8 Å². The Hall–Kier alpha value is -1.66. The number of alkyl halides is 3. The van der Waals surface area contributed by atoms with E-state index >= 15 is 0 Å². The maximum absolute atomic E-state index is 13.3. The number of halogens is 5. The van der Waals surface area contributed by atoms with Crippen molar-refractivity contribution in [2.24, 2.45) is 5.92 Å². The van der Waals surface area contributed by atoms with Gasteiger partial charge in [-0.3, -0.25) is 0 Å². The number of carbonyl (C=O) groups excluding carboxylic acids is 1. The van der Waals surface area contributed by atoms with E-state index < -0.39 is 21.8 Å². The number of piperazine rings is 1. The van der Waals surface area contributed by atoms with Crippen molar-refractivity contribution in [2.45, 2.75) is 17.0 Å². The Kier molecular flexibility index (Phi) is 8.59. The van der Waals surface area contributed by atoms with Gasteiger partial charge in [0.15, 0.2) is 0 Å². The smallest absolute Gasteiger partial charge is 0.324 e. The molecule has 0 radical (unpaired) electrons. The molecule has 2 fully saturated rings. The second-order valence-electron chi connectivity index (χ2n) is 9.21. The van der Waals surface area contributed by atoms with Crippen LogP contribution in [0.25, 0.3) is 0 Å². The molecular weight excluding hydrogens is 570 g/mol. The second-order valence-corrected chi connectivity index (χ2v) is 13.1. The number of amides is 2. The van der Waals surface area contributed by atoms with Crippen molar-refractivity contribution in [1.82, 2.24) is 14.1 Å². The minimum Gasteiger partial charge on any atom is -0.324 e. The summed E-state index contributed by atoms with van der Waals surface area (Å²) in [7, 11) is -3.31. The standard InChI is InChI=1S/C24H26Cl2F3N3O3S2/c1-37(34,35)32-10-8-30(9-11-32)23(33)31-13-17(20(14-31)16-2-7-21(25)22(26)12-16)15-36-19-5-3-18(4-6-19)24(27,28)29/h2-7,12,17,20H,8-11,13-15H2,1H3/t17-,20+/m0/s1. The summed E-state index contributed by atoms with van der Waals surface area (Å²) >= 11 is 13.8. The zero-order valence-corrected chi connectivity index (χ0v) is 23.1. The van der Waals surface area contributed by atoms with Crippen molar-refractivity contribution in [3.05, 3.63) is 63.6 Å². The summed E-state index contributed by atoms with van der Waals surface area (Å²) < 4.78 is 63.7. The predicted molar refractivity (Wildman–Crippen MR) is 140 cm³/mol. The molecule has 0 aromatic heterocycles. The van der Waals surface area contributed by atoms with Gasteiger partial charge in [0.2, 0.25) is 10.0 Å². The van der Waals surface area contributed by atoms with E-state index in [1.54, 1.807) is 21.9 Å². The van der Waals surface area contributed by atoms with Crippen molar-refractivity contribution in [3.63, 3.8) is 0 Å². The number of likely N-dealkylation sites (tertiary alicyclic amines) is 1. The Morgan fingerprint density at radius 2 is 1.62 bits per heavy atom. The second kappa shape index (κ2) is 11.2. The van der Waals surface area contributed by atoms with Crippen LogP contribution < -0.4 is 0 Å². The zero-order chi connectivity index (χ0) is 27.0. The SMILES string of the molecule is CS(=O)(=O)N1CCN(C(=O)N2C[C@@H](CSc3ccc(C(F)(F)F)cc3)[C@@H](c3ccc(Cl)c(Cl)c3)C2)CC1. The van der Waals surface area contributed by atoms with E-state index in [-0.39, 0.29) is 31.0 Å². The summed E-state index contributed by atoms with van der Waals surface area (Å²) in [4.78, 5) is 17.5. The van der Waals surface area contributed by atoms with E-state index in [2.05, 4.69) is 0 Å². The van der Waals surface area contributed by atoms with E-state index in [0.717, 1.165) is 24.0 Å². The van der Waals surface area contributed by atoms with Crippen LogP contribution in [0.4, 0.5) is 18.0 Å². The molecule has 6 nitrogen and oxygen atoms in total. The molecule has 2 atom stereocenters. The predicted octanol–water partition coefficient (Wildman–Crippen LogP) is 5.52. The maximum Gasteiger partial charge on any atom is 0.416 e. The normalized spacial score (nSPS) is 21.5. The molecule has 202 valence electrons. The summed E-state index contributed by atoms with van der Waals surface area (Å²) in [6.07, 6.45) is -3.23. The quantitative estimate of drug-likeness (QED) is 0.427. The van der Waals surface area contributed by atoms with Gasteiger partial charge in [-0.05, 0) is 47.9 Å². The van der Waals surface area contributed by atoms with E-state index in [1.165, 1.54) is 28.2 Å². The summed E-state index contributed by atoms with van der Waals surface area (Å²) in [5.41, 5.74) is 0.240. The molecule has 2 amide bonds. The number of rotatable bonds is 5. The third kappa shape index (κ3) is 6.86. The van der Waals surface area contributed by atoms with Gasteiger partial charge in [0.1, 0.15) is 0 Å². The Bertz CT molecular complexity index is 1240. The van der Waals surface area contributed by atoms with Crippen molar-refractivity contribution in [2.75, 3.05) is 51.3 Å². The van der Waals surface area contributed by atoms with Crippen LogP contribution in [0.15, 0.2) is 47.4 Å². The molecule has 0 aliphatic carbocycles. The molecule has 0 unspecified atom stereocenters. The lowest BCUT2D eigenvalue weighted by molar-refractivity contribution is -0.137. The van der Waals surface area contributed by atoms with Crippen LogP contribution in [0.2, 0.25) is 10.0 Å². The van der Waals surface area contributed by atoms with Gasteiger partial charge in [-0.2, -0.15) is 17.5 Å². The molecule has 0 N–H and O–H groups in total. The molecule has 0 bridgehead atoms. The fraction of sp³-hybridized carbons (Fsp3) is 0.458. The minimum atomic E-state index is -4.39. The lowest BCUT2D eigenvalue weighted by atomic mass is 9.90. The van der Waals surface area contributed by atoms with E-state index in [1.807, 2.05) is 6.07 Å². The average molecular weight is 597 g/mol. The molecule has 2 aliphatic rings. The molecule has 2 heterocycles. The summed E-state index contributed by atoms with van der Waals surface area (Å²) in [5, 5.41) is 0.839. The Balaban J connectivity index is 1.47. The summed E-state index contributed by atoms with van der Waals surface area (Å²) in [6, 6.07) is 10.3. The van der Waals surface area contributed by atoms with E-state index in [0.29, 0.717) is 46.9 Å². The van der Waals surface area contributed by atoms with Crippen LogP contribution in [0.1, 0.15) is 17.0 Å². The lowest BCUT2D eigenvalue weighted by Crippen LogP contribution is -2.53. The summed E-state index contributed by atoms with van der Waals surface area (Å²) in [6.45, 7) is 2.03. The fourth-order valence-electron chi connectivity index (χ4n) is 4.67. The van der Waals surface area contributed by atoms with Crippen molar-refractivity contribution < 1.29 is 26.4 Å². The van der Waals surface area contributed by atoms with E-state index in [4.69, 9.17) is 23.2 Å². The molecule has 4 rings (SSSR count). The van der Waals surface area contributed by atoms with Gasteiger partial charge in [-0.1, -0.05) is 29.3 Å². The van der Waals surface area contributed by atoms with Crippen LogP contribution in [0.3, 0.4) is 0 Å². The minimum absolute atomic E-state index is 0.0193. The van der Waals surface area contributed by atoms with Gasteiger partial charge in [0, 0.05) is 55.8 Å². The highest BCUT2D eigenvalue weighted by atomic mass is 35.5. The number of benzene rings is 2.